The summed E-state index contributed by atoms with van der Waals surface area (Å²) < 4.78 is 209. The van der Waals surface area contributed by atoms with Crippen molar-refractivity contribution in [3.05, 3.63) is 105 Å². The molecular weight excluding hydrogens is 810 g/mol. The van der Waals surface area contributed by atoms with E-state index in [0.29, 0.717) is 12.1 Å². The molecule has 0 bridgehead atoms. The summed E-state index contributed by atoms with van der Waals surface area (Å²) in [5, 5.41) is 37.6. The van der Waals surface area contributed by atoms with Gasteiger partial charge < -0.3 is 8.83 Å². The lowest BCUT2D eigenvalue weighted by Crippen LogP contribution is -2.16. The second kappa shape index (κ2) is 13.0. The molecule has 0 spiro atoms. The molecule has 288 valence electrons. The summed E-state index contributed by atoms with van der Waals surface area (Å²) in [6.07, 6.45) is -11.7. The fraction of sp³-hybridized carbons (Fsp3) is 0.0526. The van der Waals surface area contributed by atoms with Gasteiger partial charge in [0.05, 0.1) is 21.6 Å². The van der Waals surface area contributed by atoms with Crippen LogP contribution in [0.2, 0.25) is 0 Å². The monoisotopic (exact) mass is 816 g/mol. The van der Waals surface area contributed by atoms with E-state index in [-0.39, 0.29) is 21.5 Å². The predicted molar refractivity (Wildman–Crippen MR) is 170 cm³/mol. The van der Waals surface area contributed by atoms with E-state index in [4.69, 9.17) is 8.83 Å². The van der Waals surface area contributed by atoms with Gasteiger partial charge >= 0.3 is 12.4 Å². The third-order valence-electron chi connectivity index (χ3n) is 8.95. The molecule has 0 N–H and O–H groups in total. The summed E-state index contributed by atoms with van der Waals surface area (Å²) >= 11 is 0. The van der Waals surface area contributed by atoms with Gasteiger partial charge in [0, 0.05) is 21.5 Å². The first kappa shape index (κ1) is 38.7. The zero-order valence-corrected chi connectivity index (χ0v) is 27.4. The minimum Gasteiger partial charge on any atom is -0.455 e. The van der Waals surface area contributed by atoms with E-state index < -0.39 is 136 Å². The van der Waals surface area contributed by atoms with Gasteiger partial charge in [0.25, 0.3) is 0 Å². The number of nitriles is 4. The number of hydrogen-bond acceptors (Lipinski definition) is 6. The number of fused-ring (bicyclic) bond motifs is 6. The third kappa shape index (κ3) is 5.37. The molecule has 0 fully saturated rings. The van der Waals surface area contributed by atoms with Crippen LogP contribution in [0.1, 0.15) is 11.1 Å². The summed E-state index contributed by atoms with van der Waals surface area (Å²) in [5.74, 6) is -21.0. The summed E-state index contributed by atoms with van der Waals surface area (Å²) in [5.41, 5.74) is -14.4. The molecule has 2 heterocycles. The molecule has 0 aliphatic heterocycles. The van der Waals surface area contributed by atoms with Crippen LogP contribution in [0.25, 0.3) is 77.3 Å². The molecule has 0 amide bonds. The average molecular weight is 816 g/mol. The van der Waals surface area contributed by atoms with Gasteiger partial charge in [-0.15, -0.1) is 0 Å². The van der Waals surface area contributed by atoms with E-state index in [1.54, 1.807) is 24.3 Å². The second-order valence-corrected chi connectivity index (χ2v) is 12.0. The van der Waals surface area contributed by atoms with Crippen molar-refractivity contribution < 1.29 is 70.3 Å². The molecular formula is C38H6F14N4O2. The van der Waals surface area contributed by atoms with E-state index in [0.717, 1.165) is 24.3 Å². The van der Waals surface area contributed by atoms with Crippen LogP contribution in [0.5, 0.6) is 0 Å². The maximum absolute atomic E-state index is 15.0. The Morgan fingerprint density at radius 1 is 0.448 bits per heavy atom. The Bertz CT molecular complexity index is 3040. The summed E-state index contributed by atoms with van der Waals surface area (Å²) in [4.78, 5) is 0. The van der Waals surface area contributed by atoms with Gasteiger partial charge in [-0.2, -0.15) is 47.4 Å². The Morgan fingerprint density at radius 2 is 0.741 bits per heavy atom. The first-order valence-corrected chi connectivity index (χ1v) is 15.3. The van der Waals surface area contributed by atoms with E-state index in [1.807, 2.05) is 0 Å². The van der Waals surface area contributed by atoms with Gasteiger partial charge in [-0.05, 0) is 35.4 Å². The molecule has 0 aliphatic rings. The van der Waals surface area contributed by atoms with Crippen LogP contribution >= 0.6 is 0 Å². The number of furan rings is 2. The van der Waals surface area contributed by atoms with Crippen LogP contribution in [0.15, 0.2) is 45.2 Å². The normalized spacial score (nSPS) is 11.9. The lowest BCUT2D eigenvalue weighted by molar-refractivity contribution is -0.144. The van der Waals surface area contributed by atoms with Crippen molar-refractivity contribution in [2.45, 2.75) is 12.4 Å². The highest BCUT2D eigenvalue weighted by molar-refractivity contribution is 6.18. The van der Waals surface area contributed by atoms with Crippen molar-refractivity contribution in [2.75, 3.05) is 0 Å². The molecule has 6 nitrogen and oxygen atoms in total. The first-order valence-electron chi connectivity index (χ1n) is 15.3. The zero-order valence-electron chi connectivity index (χ0n) is 27.4. The molecule has 0 saturated heterocycles. The van der Waals surface area contributed by atoms with Crippen molar-refractivity contribution in [1.82, 2.24) is 0 Å². The minimum absolute atomic E-state index is 0.246. The fourth-order valence-corrected chi connectivity index (χ4v) is 6.60. The van der Waals surface area contributed by atoms with Crippen LogP contribution in [0.3, 0.4) is 0 Å². The number of nitrogens with zero attached hydrogens (tertiary/aromatic N) is 4. The summed E-state index contributed by atoms with van der Waals surface area (Å²) in [6, 6.07) is 10.9. The van der Waals surface area contributed by atoms with E-state index >= 15 is 17.6 Å². The molecule has 7 rings (SSSR count). The van der Waals surface area contributed by atoms with Crippen LogP contribution in [-0.4, -0.2) is 0 Å². The number of hydrogen-bond donors (Lipinski definition) is 0. The highest BCUT2D eigenvalue weighted by atomic mass is 19.4. The van der Waals surface area contributed by atoms with Crippen molar-refractivity contribution in [2.24, 2.45) is 0 Å². The van der Waals surface area contributed by atoms with Crippen molar-refractivity contribution >= 4 is 55.0 Å². The number of benzene rings is 5. The highest BCUT2D eigenvalue weighted by Gasteiger charge is 2.44. The Labute approximate surface area is 309 Å². The molecule has 0 unspecified atom stereocenters. The number of halogens is 14. The third-order valence-corrected chi connectivity index (χ3v) is 8.95. The first-order chi connectivity index (χ1) is 27.2. The van der Waals surface area contributed by atoms with Gasteiger partial charge in [-0.3, -0.25) is 0 Å². The van der Waals surface area contributed by atoms with E-state index in [1.165, 1.54) is 0 Å². The van der Waals surface area contributed by atoms with E-state index in [9.17, 15) is 65.0 Å². The molecule has 0 aliphatic carbocycles. The van der Waals surface area contributed by atoms with Crippen LogP contribution in [0.4, 0.5) is 61.5 Å². The van der Waals surface area contributed by atoms with Gasteiger partial charge in [0.1, 0.15) is 68.9 Å². The molecule has 0 radical (unpaired) electrons. The molecule has 20 heteroatoms. The topological polar surface area (TPSA) is 121 Å². The minimum atomic E-state index is -5.86. The van der Waals surface area contributed by atoms with E-state index in [2.05, 4.69) is 0 Å². The lowest BCUT2D eigenvalue weighted by atomic mass is 9.96. The second-order valence-electron chi connectivity index (χ2n) is 12.0. The lowest BCUT2D eigenvalue weighted by Gasteiger charge is -2.14. The standard InChI is InChI=1S/C38H6F14N4O2/c39-27-21(28(40)32(44)25(31(27)43)37(47,48)49)11-1-3-15-17(5-11)57-35-20(14(9-55)10-56)24-16-4-2-12(6-18(16)58-36(24)19(23(15)35)13(7-53)8-54)22-29(41)33(45)26(38(50,51)52)34(46)30(22)42/h1-6H. The largest absolute Gasteiger partial charge is 0.455 e. The summed E-state index contributed by atoms with van der Waals surface area (Å²) in [7, 11) is 0. The van der Waals surface area contributed by atoms with Gasteiger partial charge in [0.2, 0.25) is 0 Å². The molecule has 0 saturated carbocycles. The average Bonchev–Trinajstić information content (AvgIpc) is 3.72. The Morgan fingerprint density at radius 3 is 1.00 bits per heavy atom. The van der Waals surface area contributed by atoms with Crippen LogP contribution in [0, 0.1) is 91.9 Å². The molecule has 2 aromatic heterocycles. The summed E-state index contributed by atoms with van der Waals surface area (Å²) in [6.45, 7) is 0. The van der Waals surface area contributed by atoms with Crippen LogP contribution < -0.4 is 10.4 Å². The van der Waals surface area contributed by atoms with Crippen molar-refractivity contribution in [3.63, 3.8) is 0 Å². The van der Waals surface area contributed by atoms with Gasteiger partial charge in [-0.1, -0.05) is 12.1 Å². The Kier molecular flexibility index (Phi) is 8.67. The molecule has 7 aromatic rings. The smallest absolute Gasteiger partial charge is 0.422 e. The van der Waals surface area contributed by atoms with Gasteiger partial charge in [-0.25, -0.2) is 35.1 Å². The number of alkyl halides is 6. The fourth-order valence-electron chi connectivity index (χ4n) is 6.60. The molecule has 0 atom stereocenters. The van der Waals surface area contributed by atoms with Crippen LogP contribution in [-0.2, 0) is 12.4 Å². The van der Waals surface area contributed by atoms with Crippen molar-refractivity contribution in [1.29, 1.82) is 21.0 Å². The quantitative estimate of drug-likeness (QED) is 0.127. The molecule has 5 aromatic carbocycles. The maximum Gasteiger partial charge on any atom is 0.422 e. The highest BCUT2D eigenvalue weighted by Crippen LogP contribution is 2.43. The van der Waals surface area contributed by atoms with Gasteiger partial charge in [0.15, 0.2) is 46.5 Å². The predicted octanol–water partition coefficient (Wildman–Crippen LogP) is 10.4. The Hall–Kier alpha value is -7.58. The SMILES string of the molecule is N#CC(C#N)=c1c2oc3cc(-c4c(F)c(F)c(C(F)(F)F)c(F)c4F)ccc3c2c(=C(C#N)C#N)c2oc3cc(-c4c(F)c(F)c(C(F)(F)F)c(F)c4F)ccc3c12. The molecule has 58 heavy (non-hydrogen) atoms. The van der Waals surface area contributed by atoms with Crippen molar-refractivity contribution in [3.8, 4) is 46.5 Å². The zero-order chi connectivity index (χ0) is 42.5. The number of rotatable bonds is 2. The Balaban J connectivity index is 1.63. The maximum atomic E-state index is 15.0.